The Morgan fingerprint density at radius 2 is 2.00 bits per heavy atom. The van der Waals surface area contributed by atoms with Crippen molar-refractivity contribution in [2.75, 3.05) is 0 Å². The molecule has 0 radical (unpaired) electrons. The topological polar surface area (TPSA) is 37.8 Å². The van der Waals surface area contributed by atoms with Crippen molar-refractivity contribution in [1.29, 1.82) is 0 Å². The summed E-state index contributed by atoms with van der Waals surface area (Å²) in [4.78, 5) is 8.45. The number of nitrogens with zero attached hydrogens (tertiary/aromatic N) is 2. The molecule has 98 valence electrons. The largest absolute Gasteiger partial charge is 0.308 e. The Kier molecular flexibility index (Phi) is 3.21. The molecule has 1 fully saturated rings. The van der Waals surface area contributed by atoms with Crippen LogP contribution in [0.15, 0.2) is 30.5 Å². The zero-order valence-corrected chi connectivity index (χ0v) is 10.2. The Bertz CT molecular complexity index is 597. The lowest BCUT2D eigenvalue weighted by molar-refractivity contribution is 0.509. The van der Waals surface area contributed by atoms with Gasteiger partial charge in [-0.05, 0) is 37.1 Å². The second-order valence-corrected chi connectivity index (χ2v) is 4.66. The van der Waals surface area contributed by atoms with Gasteiger partial charge in [0, 0.05) is 24.3 Å². The molecule has 1 aliphatic carbocycles. The lowest BCUT2D eigenvalue weighted by atomic mass is 10.2. The summed E-state index contributed by atoms with van der Waals surface area (Å²) < 4.78 is 26.1. The lowest BCUT2D eigenvalue weighted by Crippen LogP contribution is -2.16. The molecule has 0 atom stereocenters. The average Bonchev–Trinajstić information content (AvgIpc) is 3.24. The van der Waals surface area contributed by atoms with E-state index in [-0.39, 0.29) is 0 Å². The number of benzene rings is 1. The summed E-state index contributed by atoms with van der Waals surface area (Å²) in [6, 6.07) is 6.10. The lowest BCUT2D eigenvalue weighted by Gasteiger charge is -2.05. The van der Waals surface area contributed by atoms with Crippen LogP contribution >= 0.6 is 0 Å². The SMILES string of the molecule is Fc1ccc(-c2nccc(CNC3CC3)n2)cc1F. The van der Waals surface area contributed by atoms with Crippen molar-refractivity contribution in [3.63, 3.8) is 0 Å². The van der Waals surface area contributed by atoms with Gasteiger partial charge in [-0.1, -0.05) is 0 Å². The minimum Gasteiger partial charge on any atom is -0.308 e. The fourth-order valence-corrected chi connectivity index (χ4v) is 1.81. The number of hydrogen-bond acceptors (Lipinski definition) is 3. The molecule has 1 aromatic carbocycles. The Morgan fingerprint density at radius 1 is 1.16 bits per heavy atom. The molecular formula is C14H13F2N3. The molecule has 1 aliphatic rings. The fraction of sp³-hybridized carbons (Fsp3) is 0.286. The monoisotopic (exact) mass is 261 g/mol. The Morgan fingerprint density at radius 3 is 2.74 bits per heavy atom. The van der Waals surface area contributed by atoms with E-state index in [1.54, 1.807) is 6.20 Å². The molecule has 0 bridgehead atoms. The number of nitrogens with one attached hydrogen (secondary N) is 1. The second kappa shape index (κ2) is 5.01. The van der Waals surface area contributed by atoms with Gasteiger partial charge >= 0.3 is 0 Å². The molecular weight excluding hydrogens is 248 g/mol. The maximum absolute atomic E-state index is 13.2. The van der Waals surface area contributed by atoms with E-state index in [2.05, 4.69) is 15.3 Å². The van der Waals surface area contributed by atoms with E-state index in [1.165, 1.54) is 18.9 Å². The summed E-state index contributed by atoms with van der Waals surface area (Å²) >= 11 is 0. The summed E-state index contributed by atoms with van der Waals surface area (Å²) in [7, 11) is 0. The van der Waals surface area contributed by atoms with Gasteiger partial charge in [0.1, 0.15) is 0 Å². The predicted molar refractivity (Wildman–Crippen MR) is 67.2 cm³/mol. The minimum absolute atomic E-state index is 0.411. The molecule has 0 spiro atoms. The van der Waals surface area contributed by atoms with E-state index in [1.807, 2.05) is 6.07 Å². The zero-order valence-electron chi connectivity index (χ0n) is 10.2. The zero-order chi connectivity index (χ0) is 13.2. The average molecular weight is 261 g/mol. The van der Waals surface area contributed by atoms with E-state index < -0.39 is 11.6 Å². The second-order valence-electron chi connectivity index (χ2n) is 4.66. The molecule has 1 aromatic heterocycles. The summed E-state index contributed by atoms with van der Waals surface area (Å²) in [5.74, 6) is -1.34. The molecule has 1 N–H and O–H groups in total. The van der Waals surface area contributed by atoms with Crippen molar-refractivity contribution in [2.24, 2.45) is 0 Å². The molecule has 19 heavy (non-hydrogen) atoms. The van der Waals surface area contributed by atoms with E-state index >= 15 is 0 Å². The fourth-order valence-electron chi connectivity index (χ4n) is 1.81. The number of rotatable bonds is 4. The highest BCUT2D eigenvalue weighted by Crippen LogP contribution is 2.20. The summed E-state index contributed by atoms with van der Waals surface area (Å²) in [5, 5.41) is 3.35. The van der Waals surface area contributed by atoms with Crippen LogP contribution in [0.5, 0.6) is 0 Å². The highest BCUT2D eigenvalue weighted by Gasteiger charge is 2.20. The standard InChI is InChI=1S/C14H13F2N3/c15-12-4-1-9(7-13(12)16)14-17-6-5-11(19-14)8-18-10-2-3-10/h1,4-7,10,18H,2-3,8H2. The first-order valence-electron chi connectivity index (χ1n) is 6.23. The highest BCUT2D eigenvalue weighted by molar-refractivity contribution is 5.54. The molecule has 2 aromatic rings. The predicted octanol–water partition coefficient (Wildman–Crippen LogP) is 2.67. The van der Waals surface area contributed by atoms with E-state index in [0.717, 1.165) is 17.8 Å². The third-order valence-corrected chi connectivity index (χ3v) is 3.04. The van der Waals surface area contributed by atoms with Gasteiger partial charge in [0.05, 0.1) is 5.69 Å². The van der Waals surface area contributed by atoms with Crippen molar-refractivity contribution < 1.29 is 8.78 Å². The van der Waals surface area contributed by atoms with Gasteiger partial charge in [-0.25, -0.2) is 18.7 Å². The van der Waals surface area contributed by atoms with Crippen molar-refractivity contribution in [3.8, 4) is 11.4 Å². The van der Waals surface area contributed by atoms with Crippen LogP contribution in [0.1, 0.15) is 18.5 Å². The molecule has 0 unspecified atom stereocenters. The Hall–Kier alpha value is -1.88. The van der Waals surface area contributed by atoms with Crippen LogP contribution in [0.2, 0.25) is 0 Å². The Balaban J connectivity index is 1.82. The van der Waals surface area contributed by atoms with Crippen LogP contribution in [0.3, 0.4) is 0 Å². The van der Waals surface area contributed by atoms with Crippen LogP contribution in [0.25, 0.3) is 11.4 Å². The summed E-state index contributed by atoms with van der Waals surface area (Å²) in [5.41, 5.74) is 1.33. The molecule has 1 heterocycles. The van der Waals surface area contributed by atoms with Crippen LogP contribution < -0.4 is 5.32 Å². The number of aromatic nitrogens is 2. The first-order chi connectivity index (χ1) is 9.22. The van der Waals surface area contributed by atoms with Crippen LogP contribution in [-0.2, 0) is 6.54 Å². The van der Waals surface area contributed by atoms with Crippen molar-refractivity contribution >= 4 is 0 Å². The van der Waals surface area contributed by atoms with E-state index in [4.69, 9.17) is 0 Å². The van der Waals surface area contributed by atoms with Crippen molar-refractivity contribution in [2.45, 2.75) is 25.4 Å². The van der Waals surface area contributed by atoms with Gasteiger partial charge in [-0.3, -0.25) is 0 Å². The van der Waals surface area contributed by atoms with Gasteiger partial charge in [0.25, 0.3) is 0 Å². The summed E-state index contributed by atoms with van der Waals surface area (Å²) in [6.07, 6.45) is 4.05. The van der Waals surface area contributed by atoms with Crippen LogP contribution in [-0.4, -0.2) is 16.0 Å². The molecule has 3 rings (SSSR count). The maximum atomic E-state index is 13.2. The normalized spacial score (nSPS) is 14.6. The molecule has 0 saturated heterocycles. The molecule has 5 heteroatoms. The Labute approximate surface area is 109 Å². The molecule has 3 nitrogen and oxygen atoms in total. The molecule has 0 amide bonds. The van der Waals surface area contributed by atoms with Gasteiger partial charge in [-0.2, -0.15) is 0 Å². The number of halogens is 2. The van der Waals surface area contributed by atoms with Gasteiger partial charge in [0.2, 0.25) is 0 Å². The van der Waals surface area contributed by atoms with Crippen molar-refractivity contribution in [1.82, 2.24) is 15.3 Å². The molecule has 1 saturated carbocycles. The van der Waals surface area contributed by atoms with Crippen LogP contribution in [0, 0.1) is 11.6 Å². The van der Waals surface area contributed by atoms with Crippen molar-refractivity contribution in [3.05, 3.63) is 47.8 Å². The van der Waals surface area contributed by atoms with Gasteiger partial charge in [0.15, 0.2) is 17.5 Å². The smallest absolute Gasteiger partial charge is 0.159 e. The van der Waals surface area contributed by atoms with Crippen LogP contribution in [0.4, 0.5) is 8.78 Å². The first-order valence-corrected chi connectivity index (χ1v) is 6.23. The van der Waals surface area contributed by atoms with Gasteiger partial charge < -0.3 is 5.32 Å². The van der Waals surface area contributed by atoms with E-state index in [9.17, 15) is 8.78 Å². The minimum atomic E-state index is -0.886. The maximum Gasteiger partial charge on any atom is 0.159 e. The first kappa shape index (κ1) is 12.2. The van der Waals surface area contributed by atoms with E-state index in [0.29, 0.717) is 24.0 Å². The van der Waals surface area contributed by atoms with Gasteiger partial charge in [-0.15, -0.1) is 0 Å². The third-order valence-electron chi connectivity index (χ3n) is 3.04. The summed E-state index contributed by atoms with van der Waals surface area (Å²) in [6.45, 7) is 0.670. The quantitative estimate of drug-likeness (QED) is 0.919. The highest BCUT2D eigenvalue weighted by atomic mass is 19.2. The number of hydrogen-bond donors (Lipinski definition) is 1. The molecule has 0 aliphatic heterocycles. The third kappa shape index (κ3) is 2.93.